The van der Waals surface area contributed by atoms with Crippen LogP contribution in [0.15, 0.2) is 48.5 Å². The molecule has 0 aromatic heterocycles. The summed E-state index contributed by atoms with van der Waals surface area (Å²) in [4.78, 5) is 28.3. The number of hydrogen-bond acceptors (Lipinski definition) is 4. The van der Waals surface area contributed by atoms with E-state index in [1.807, 2.05) is 0 Å². The molecule has 1 fully saturated rings. The van der Waals surface area contributed by atoms with Gasteiger partial charge >= 0.3 is 10.2 Å². The standard InChI is InChI=1S/C26H34ClFN4O4S/c1-19(26(34)29-22-10-5-4-6-11-22)31(17-20-9-7-8-12-24(20)27)25(33)18-32(37(35,36)30(2)3)23-15-13-21(28)14-16-23/h7-9,12-16,19,22H,4-6,10-11,17-18H2,1-3H3,(H,29,34)/t19-/m1/s1. The molecule has 37 heavy (non-hydrogen) atoms. The van der Waals surface area contributed by atoms with E-state index in [-0.39, 0.29) is 24.2 Å². The number of rotatable bonds is 10. The zero-order valence-corrected chi connectivity index (χ0v) is 22.9. The maximum atomic E-state index is 13.7. The molecule has 2 aromatic rings. The van der Waals surface area contributed by atoms with Gasteiger partial charge in [0.2, 0.25) is 11.8 Å². The lowest BCUT2D eigenvalue weighted by atomic mass is 9.95. The summed E-state index contributed by atoms with van der Waals surface area (Å²) in [6.07, 6.45) is 4.98. The Morgan fingerprint density at radius 3 is 2.27 bits per heavy atom. The first kappa shape index (κ1) is 28.9. The smallest absolute Gasteiger partial charge is 0.304 e. The first-order valence-electron chi connectivity index (χ1n) is 12.3. The van der Waals surface area contributed by atoms with Crippen molar-refractivity contribution in [1.29, 1.82) is 0 Å². The topological polar surface area (TPSA) is 90.0 Å². The average Bonchev–Trinajstić information content (AvgIpc) is 2.87. The summed E-state index contributed by atoms with van der Waals surface area (Å²) in [5, 5.41) is 3.47. The van der Waals surface area contributed by atoms with Gasteiger partial charge in [0.15, 0.2) is 0 Å². The molecule has 1 aliphatic carbocycles. The molecule has 0 radical (unpaired) electrons. The fourth-order valence-electron chi connectivity index (χ4n) is 4.29. The van der Waals surface area contributed by atoms with Gasteiger partial charge in [-0.1, -0.05) is 49.1 Å². The van der Waals surface area contributed by atoms with Gasteiger partial charge < -0.3 is 10.2 Å². The molecule has 0 aliphatic heterocycles. The second kappa shape index (κ2) is 12.7. The summed E-state index contributed by atoms with van der Waals surface area (Å²) >= 11 is 6.36. The number of halogens is 2. The summed E-state index contributed by atoms with van der Waals surface area (Å²) < 4.78 is 41.7. The van der Waals surface area contributed by atoms with E-state index in [2.05, 4.69) is 5.32 Å². The van der Waals surface area contributed by atoms with Crippen molar-refractivity contribution in [3.63, 3.8) is 0 Å². The minimum absolute atomic E-state index is 0.0109. The van der Waals surface area contributed by atoms with Gasteiger partial charge in [0, 0.05) is 31.7 Å². The number of anilines is 1. The van der Waals surface area contributed by atoms with Crippen LogP contribution in [0.25, 0.3) is 0 Å². The van der Waals surface area contributed by atoms with E-state index in [1.165, 1.54) is 31.1 Å². The Balaban J connectivity index is 1.92. The second-order valence-electron chi connectivity index (χ2n) is 9.41. The summed E-state index contributed by atoms with van der Waals surface area (Å²) in [5.41, 5.74) is 0.749. The van der Waals surface area contributed by atoms with Crippen LogP contribution in [0.4, 0.5) is 10.1 Å². The molecule has 11 heteroatoms. The number of carbonyl (C=O) groups is 2. The normalized spacial score (nSPS) is 15.3. The third-order valence-electron chi connectivity index (χ3n) is 6.55. The molecule has 0 spiro atoms. The quantitative estimate of drug-likeness (QED) is 0.483. The van der Waals surface area contributed by atoms with Crippen LogP contribution in [0.3, 0.4) is 0 Å². The van der Waals surface area contributed by atoms with Gasteiger partial charge in [0.25, 0.3) is 0 Å². The molecule has 1 atom stereocenters. The SMILES string of the molecule is C[C@H](C(=O)NC1CCCCC1)N(Cc1ccccc1Cl)C(=O)CN(c1ccc(F)cc1)S(=O)(=O)N(C)C. The van der Waals surface area contributed by atoms with Gasteiger partial charge in [0.05, 0.1) is 5.69 Å². The van der Waals surface area contributed by atoms with E-state index in [1.54, 1.807) is 31.2 Å². The van der Waals surface area contributed by atoms with Crippen LogP contribution in [0.5, 0.6) is 0 Å². The van der Waals surface area contributed by atoms with E-state index in [4.69, 9.17) is 11.6 Å². The van der Waals surface area contributed by atoms with Gasteiger partial charge in [-0.3, -0.25) is 9.59 Å². The van der Waals surface area contributed by atoms with E-state index < -0.39 is 34.5 Å². The number of benzene rings is 2. The number of carbonyl (C=O) groups excluding carboxylic acids is 2. The van der Waals surface area contributed by atoms with Crippen molar-refractivity contribution in [2.45, 2.75) is 57.7 Å². The van der Waals surface area contributed by atoms with Gasteiger partial charge in [-0.15, -0.1) is 0 Å². The van der Waals surface area contributed by atoms with Crippen molar-refractivity contribution < 1.29 is 22.4 Å². The Labute approximate surface area is 223 Å². The molecule has 0 unspecified atom stereocenters. The molecular weight excluding hydrogens is 519 g/mol. The van der Waals surface area contributed by atoms with Crippen LogP contribution >= 0.6 is 11.6 Å². The summed E-state index contributed by atoms with van der Waals surface area (Å²) in [6, 6.07) is 11.0. The molecule has 0 heterocycles. The Kier molecular flexibility index (Phi) is 9.92. The van der Waals surface area contributed by atoms with Crippen LogP contribution in [0.1, 0.15) is 44.6 Å². The number of nitrogens with one attached hydrogen (secondary N) is 1. The Bertz CT molecular complexity index is 1190. The zero-order chi connectivity index (χ0) is 27.2. The van der Waals surface area contributed by atoms with Crippen molar-refractivity contribution in [2.24, 2.45) is 0 Å². The van der Waals surface area contributed by atoms with E-state index in [0.29, 0.717) is 10.6 Å². The van der Waals surface area contributed by atoms with Crippen LogP contribution in [0.2, 0.25) is 5.02 Å². The highest BCUT2D eigenvalue weighted by molar-refractivity contribution is 7.90. The van der Waals surface area contributed by atoms with Crippen molar-refractivity contribution in [3.05, 3.63) is 64.9 Å². The van der Waals surface area contributed by atoms with Crippen molar-refractivity contribution in [3.8, 4) is 0 Å². The summed E-state index contributed by atoms with van der Waals surface area (Å²) in [5.74, 6) is -1.44. The molecule has 2 aromatic carbocycles. The molecule has 8 nitrogen and oxygen atoms in total. The summed E-state index contributed by atoms with van der Waals surface area (Å²) in [7, 11) is -1.42. The van der Waals surface area contributed by atoms with Crippen LogP contribution in [0, 0.1) is 5.82 Å². The number of nitrogens with zero attached hydrogens (tertiary/aromatic N) is 3. The Morgan fingerprint density at radius 1 is 1.05 bits per heavy atom. The predicted octanol–water partition coefficient (Wildman–Crippen LogP) is 3.96. The molecule has 2 amide bonds. The third-order valence-corrected chi connectivity index (χ3v) is 8.74. The van der Waals surface area contributed by atoms with E-state index >= 15 is 0 Å². The Hall–Kier alpha value is -2.69. The molecule has 3 rings (SSSR count). The maximum Gasteiger partial charge on any atom is 0.304 e. The second-order valence-corrected chi connectivity index (χ2v) is 11.9. The Morgan fingerprint density at radius 2 is 1.68 bits per heavy atom. The molecule has 1 saturated carbocycles. The first-order valence-corrected chi connectivity index (χ1v) is 14.1. The van der Waals surface area contributed by atoms with Crippen LogP contribution < -0.4 is 9.62 Å². The first-order chi connectivity index (χ1) is 17.5. The van der Waals surface area contributed by atoms with E-state index in [9.17, 15) is 22.4 Å². The minimum Gasteiger partial charge on any atom is -0.352 e. The van der Waals surface area contributed by atoms with Crippen molar-refractivity contribution >= 4 is 39.3 Å². The predicted molar refractivity (Wildman–Crippen MR) is 143 cm³/mol. The lowest BCUT2D eigenvalue weighted by Gasteiger charge is -2.34. The molecule has 202 valence electrons. The molecule has 0 saturated heterocycles. The maximum absolute atomic E-state index is 13.7. The minimum atomic E-state index is -4.11. The molecule has 1 N–H and O–H groups in total. The molecular formula is C26H34ClFN4O4S. The number of hydrogen-bond donors (Lipinski definition) is 1. The van der Waals surface area contributed by atoms with Gasteiger partial charge in [-0.05, 0) is 55.7 Å². The van der Waals surface area contributed by atoms with Crippen LogP contribution in [-0.2, 0) is 26.3 Å². The monoisotopic (exact) mass is 552 g/mol. The highest BCUT2D eigenvalue weighted by atomic mass is 35.5. The largest absolute Gasteiger partial charge is 0.352 e. The molecule has 0 bridgehead atoms. The highest BCUT2D eigenvalue weighted by Crippen LogP contribution is 2.23. The lowest BCUT2D eigenvalue weighted by molar-refractivity contribution is -0.139. The summed E-state index contributed by atoms with van der Waals surface area (Å²) in [6.45, 7) is 1.05. The third kappa shape index (κ3) is 7.43. The van der Waals surface area contributed by atoms with E-state index in [0.717, 1.165) is 52.8 Å². The molecule has 1 aliphatic rings. The highest BCUT2D eigenvalue weighted by Gasteiger charge is 2.33. The zero-order valence-electron chi connectivity index (χ0n) is 21.4. The fraction of sp³-hybridized carbons (Fsp3) is 0.462. The van der Waals surface area contributed by atoms with Gasteiger partial charge in [-0.2, -0.15) is 12.7 Å². The number of amides is 2. The van der Waals surface area contributed by atoms with Gasteiger partial charge in [0.1, 0.15) is 18.4 Å². The average molecular weight is 553 g/mol. The lowest BCUT2D eigenvalue weighted by Crippen LogP contribution is -2.53. The van der Waals surface area contributed by atoms with Gasteiger partial charge in [-0.25, -0.2) is 8.70 Å². The fourth-order valence-corrected chi connectivity index (χ4v) is 5.54. The van der Waals surface area contributed by atoms with Crippen molar-refractivity contribution in [1.82, 2.24) is 14.5 Å². The van der Waals surface area contributed by atoms with Crippen LogP contribution in [-0.4, -0.2) is 62.2 Å². The van der Waals surface area contributed by atoms with Crippen molar-refractivity contribution in [2.75, 3.05) is 24.9 Å².